The molecule has 0 saturated carbocycles. The molecule has 1 unspecified atom stereocenters. The summed E-state index contributed by atoms with van der Waals surface area (Å²) in [4.78, 5) is 11.8. The molecule has 2 aromatic carbocycles. The van der Waals surface area contributed by atoms with Crippen molar-refractivity contribution in [3.8, 4) is 0 Å². The minimum Gasteiger partial charge on any atom is -0.369 e. The number of hydrogen-bond acceptors (Lipinski definition) is 4. The minimum absolute atomic E-state index is 0.407. The predicted octanol–water partition coefficient (Wildman–Crippen LogP) is 3.63. The summed E-state index contributed by atoms with van der Waals surface area (Å²) in [5.74, 6) is 0.906. The van der Waals surface area contributed by atoms with E-state index in [1.807, 2.05) is 31.2 Å². The molecular weight excluding hydrogens is 284 g/mol. The van der Waals surface area contributed by atoms with Crippen LogP contribution >= 0.6 is 0 Å². The number of nitrogens with one attached hydrogen (secondary N) is 1. The van der Waals surface area contributed by atoms with Crippen molar-refractivity contribution in [2.24, 2.45) is 0 Å². The molecule has 1 N–H and O–H groups in total. The van der Waals surface area contributed by atoms with E-state index in [0.29, 0.717) is 6.04 Å². The van der Waals surface area contributed by atoms with Gasteiger partial charge in [0.05, 0.1) is 16.7 Å². The molecule has 116 valence electrons. The van der Waals surface area contributed by atoms with Crippen LogP contribution in [0.4, 0.5) is 11.5 Å². The van der Waals surface area contributed by atoms with Crippen LogP contribution in [0.15, 0.2) is 54.6 Å². The lowest BCUT2D eigenvalue weighted by Gasteiger charge is -2.19. The van der Waals surface area contributed by atoms with Gasteiger partial charge in [0, 0.05) is 24.8 Å². The molecule has 1 atom stereocenters. The van der Waals surface area contributed by atoms with Crippen molar-refractivity contribution in [2.75, 3.05) is 23.3 Å². The first kappa shape index (κ1) is 14.0. The Morgan fingerprint density at radius 3 is 2.43 bits per heavy atom. The number of anilines is 2. The largest absolute Gasteiger partial charge is 0.369 e. The molecule has 23 heavy (non-hydrogen) atoms. The summed E-state index contributed by atoms with van der Waals surface area (Å²) in [5, 5.41) is 3.59. The molecule has 0 radical (unpaired) electrons. The molecule has 2 heterocycles. The fourth-order valence-electron chi connectivity index (χ4n) is 3.17. The van der Waals surface area contributed by atoms with Gasteiger partial charge in [-0.1, -0.05) is 30.3 Å². The maximum Gasteiger partial charge on any atom is 0.148 e. The highest BCUT2D eigenvalue weighted by molar-refractivity contribution is 5.76. The van der Waals surface area contributed by atoms with Crippen LogP contribution in [0, 0.1) is 6.92 Å². The number of para-hydroxylation sites is 3. The maximum atomic E-state index is 4.74. The molecular formula is C19H20N4. The second-order valence-electron chi connectivity index (χ2n) is 6.06. The number of rotatable bonds is 3. The van der Waals surface area contributed by atoms with Gasteiger partial charge in [-0.3, -0.25) is 0 Å². The number of aromatic nitrogens is 2. The Balaban J connectivity index is 1.52. The van der Waals surface area contributed by atoms with Gasteiger partial charge in [0.25, 0.3) is 0 Å². The van der Waals surface area contributed by atoms with Gasteiger partial charge in [0.15, 0.2) is 0 Å². The zero-order valence-electron chi connectivity index (χ0n) is 13.2. The van der Waals surface area contributed by atoms with E-state index in [1.54, 1.807) is 0 Å². The van der Waals surface area contributed by atoms with E-state index in [-0.39, 0.29) is 0 Å². The Kier molecular flexibility index (Phi) is 3.58. The Bertz CT molecular complexity index is 816. The fraction of sp³-hybridized carbons (Fsp3) is 0.263. The van der Waals surface area contributed by atoms with Crippen LogP contribution in [0.5, 0.6) is 0 Å². The highest BCUT2D eigenvalue weighted by atomic mass is 15.2. The van der Waals surface area contributed by atoms with Crippen molar-refractivity contribution in [3.63, 3.8) is 0 Å². The lowest BCUT2D eigenvalue weighted by atomic mass is 10.2. The van der Waals surface area contributed by atoms with Crippen LogP contribution in [0.1, 0.15) is 12.1 Å². The normalized spacial score (nSPS) is 17.6. The molecule has 3 aromatic rings. The summed E-state index contributed by atoms with van der Waals surface area (Å²) < 4.78 is 0. The van der Waals surface area contributed by atoms with Crippen molar-refractivity contribution in [3.05, 3.63) is 60.3 Å². The van der Waals surface area contributed by atoms with E-state index in [2.05, 4.69) is 45.5 Å². The molecule has 1 fully saturated rings. The van der Waals surface area contributed by atoms with Crippen LogP contribution in [0.25, 0.3) is 11.0 Å². The number of benzene rings is 2. The van der Waals surface area contributed by atoms with Crippen molar-refractivity contribution < 1.29 is 0 Å². The lowest BCUT2D eigenvalue weighted by molar-refractivity contribution is 0.798. The van der Waals surface area contributed by atoms with E-state index >= 15 is 0 Å². The maximum absolute atomic E-state index is 4.74. The Morgan fingerprint density at radius 1 is 0.957 bits per heavy atom. The smallest absolute Gasteiger partial charge is 0.148 e. The van der Waals surface area contributed by atoms with E-state index in [1.165, 1.54) is 5.69 Å². The zero-order valence-corrected chi connectivity index (χ0v) is 13.2. The van der Waals surface area contributed by atoms with E-state index in [9.17, 15) is 0 Å². The molecule has 1 aromatic heterocycles. The molecule has 4 rings (SSSR count). The average Bonchev–Trinajstić information content (AvgIpc) is 3.05. The summed E-state index contributed by atoms with van der Waals surface area (Å²) >= 11 is 0. The number of aryl methyl sites for hydroxylation is 1. The average molecular weight is 304 g/mol. The quantitative estimate of drug-likeness (QED) is 0.802. The molecule has 0 bridgehead atoms. The van der Waals surface area contributed by atoms with Crippen LogP contribution in [0.2, 0.25) is 0 Å². The zero-order chi connectivity index (χ0) is 15.6. The fourth-order valence-corrected chi connectivity index (χ4v) is 3.17. The summed E-state index contributed by atoms with van der Waals surface area (Å²) in [6.45, 7) is 4.09. The van der Waals surface area contributed by atoms with E-state index < -0.39 is 0 Å². The monoisotopic (exact) mass is 304 g/mol. The van der Waals surface area contributed by atoms with Crippen molar-refractivity contribution in [1.29, 1.82) is 0 Å². The highest BCUT2D eigenvalue weighted by Crippen LogP contribution is 2.23. The van der Waals surface area contributed by atoms with Crippen LogP contribution < -0.4 is 10.2 Å². The van der Waals surface area contributed by atoms with Crippen molar-refractivity contribution in [1.82, 2.24) is 9.97 Å². The SMILES string of the molecule is Cc1nc2ccccc2nc1NC1CCN(c2ccccc2)C1. The lowest BCUT2D eigenvalue weighted by Crippen LogP contribution is -2.26. The Hall–Kier alpha value is -2.62. The van der Waals surface area contributed by atoms with Crippen molar-refractivity contribution >= 4 is 22.5 Å². The number of hydrogen-bond donors (Lipinski definition) is 1. The number of fused-ring (bicyclic) bond motifs is 1. The highest BCUT2D eigenvalue weighted by Gasteiger charge is 2.23. The van der Waals surface area contributed by atoms with Gasteiger partial charge in [0.1, 0.15) is 5.82 Å². The molecule has 4 nitrogen and oxygen atoms in total. The molecule has 0 amide bonds. The van der Waals surface area contributed by atoms with E-state index in [4.69, 9.17) is 4.98 Å². The third-order valence-electron chi connectivity index (χ3n) is 4.40. The third-order valence-corrected chi connectivity index (χ3v) is 4.40. The Labute approximate surface area is 136 Å². The van der Waals surface area contributed by atoms with Crippen molar-refractivity contribution in [2.45, 2.75) is 19.4 Å². The van der Waals surface area contributed by atoms with E-state index in [0.717, 1.165) is 42.1 Å². The van der Waals surface area contributed by atoms with Crippen LogP contribution in [0.3, 0.4) is 0 Å². The molecule has 0 aliphatic carbocycles. The van der Waals surface area contributed by atoms with Gasteiger partial charge in [-0.2, -0.15) is 0 Å². The second kappa shape index (κ2) is 5.88. The minimum atomic E-state index is 0.407. The molecule has 1 saturated heterocycles. The van der Waals surface area contributed by atoms with Gasteiger partial charge in [-0.05, 0) is 37.6 Å². The van der Waals surface area contributed by atoms with Crippen LogP contribution in [-0.4, -0.2) is 29.1 Å². The molecule has 1 aliphatic heterocycles. The number of nitrogens with zero attached hydrogens (tertiary/aromatic N) is 3. The predicted molar refractivity (Wildman–Crippen MR) is 95.0 cm³/mol. The molecule has 1 aliphatic rings. The standard InChI is InChI=1S/C19H20N4/c1-14-19(22-18-10-6-5-9-17(18)20-14)21-15-11-12-23(13-15)16-7-3-2-4-8-16/h2-10,15H,11-13H2,1H3,(H,21,22). The van der Waals surface area contributed by atoms with Gasteiger partial charge in [0.2, 0.25) is 0 Å². The van der Waals surface area contributed by atoms with Crippen LogP contribution in [-0.2, 0) is 0 Å². The van der Waals surface area contributed by atoms with Gasteiger partial charge >= 0.3 is 0 Å². The second-order valence-corrected chi connectivity index (χ2v) is 6.06. The van der Waals surface area contributed by atoms with Gasteiger partial charge in [-0.15, -0.1) is 0 Å². The van der Waals surface area contributed by atoms with Gasteiger partial charge in [-0.25, -0.2) is 9.97 Å². The molecule has 0 spiro atoms. The molecule has 4 heteroatoms. The first-order chi connectivity index (χ1) is 11.3. The summed E-state index contributed by atoms with van der Waals surface area (Å²) in [5.41, 5.74) is 4.14. The summed E-state index contributed by atoms with van der Waals surface area (Å²) in [6, 6.07) is 19.0. The summed E-state index contributed by atoms with van der Waals surface area (Å²) in [6.07, 6.45) is 1.11. The summed E-state index contributed by atoms with van der Waals surface area (Å²) in [7, 11) is 0. The Morgan fingerprint density at radius 2 is 1.65 bits per heavy atom. The topological polar surface area (TPSA) is 41.1 Å². The first-order valence-electron chi connectivity index (χ1n) is 8.09. The first-order valence-corrected chi connectivity index (χ1v) is 8.09. The van der Waals surface area contributed by atoms with Gasteiger partial charge < -0.3 is 10.2 Å². The third kappa shape index (κ3) is 2.84.